The van der Waals surface area contributed by atoms with Crippen molar-refractivity contribution in [1.82, 2.24) is 9.55 Å². The first-order chi connectivity index (χ1) is 11.4. The van der Waals surface area contributed by atoms with Crippen LogP contribution in [-0.2, 0) is 13.8 Å². The smallest absolute Gasteiger partial charge is 0.330 e. The summed E-state index contributed by atoms with van der Waals surface area (Å²) in [6.45, 7) is 1.73. The minimum Gasteiger partial charge on any atom is -0.390 e. The molecule has 1 fully saturated rings. The third kappa shape index (κ3) is 4.70. The van der Waals surface area contributed by atoms with Gasteiger partial charge in [0.05, 0.1) is 31.8 Å². The molecule has 0 bridgehead atoms. The van der Waals surface area contributed by atoms with Gasteiger partial charge in [-0.2, -0.15) is 5.26 Å². The first-order valence-electron chi connectivity index (χ1n) is 7.25. The average molecular weight is 358 g/mol. The number of aromatic nitrogens is 2. The molecule has 4 atom stereocenters. The van der Waals surface area contributed by atoms with Crippen LogP contribution in [-0.4, -0.2) is 40.1 Å². The van der Waals surface area contributed by atoms with E-state index < -0.39 is 38.2 Å². The molecule has 0 aromatic carbocycles. The van der Waals surface area contributed by atoms with E-state index in [1.54, 1.807) is 6.92 Å². The molecule has 1 aliphatic rings. The van der Waals surface area contributed by atoms with Crippen molar-refractivity contribution >= 4 is 8.53 Å². The van der Waals surface area contributed by atoms with Crippen LogP contribution in [0.3, 0.4) is 0 Å². The number of hydrogen-bond donors (Lipinski definition) is 3. The molecule has 0 radical (unpaired) electrons. The fourth-order valence-electron chi connectivity index (χ4n) is 2.20. The van der Waals surface area contributed by atoms with Crippen molar-refractivity contribution in [3.05, 3.63) is 32.6 Å². The lowest BCUT2D eigenvalue weighted by Crippen LogP contribution is -2.33. The zero-order valence-corrected chi connectivity index (χ0v) is 13.9. The highest BCUT2D eigenvalue weighted by molar-refractivity contribution is 7.44. The summed E-state index contributed by atoms with van der Waals surface area (Å²) in [4.78, 5) is 25.4. The van der Waals surface area contributed by atoms with Crippen molar-refractivity contribution in [2.75, 3.05) is 13.2 Å². The van der Waals surface area contributed by atoms with Gasteiger partial charge in [-0.25, -0.2) is 4.79 Å². The molecule has 0 saturated carbocycles. The van der Waals surface area contributed by atoms with Gasteiger partial charge >= 0.3 is 5.69 Å². The van der Waals surface area contributed by atoms with Gasteiger partial charge in [0, 0.05) is 18.2 Å². The Balaban J connectivity index is 1.93. The summed E-state index contributed by atoms with van der Waals surface area (Å²) in [6, 6.07) is 1.92. The zero-order valence-electron chi connectivity index (χ0n) is 13.0. The van der Waals surface area contributed by atoms with Gasteiger partial charge in [0.25, 0.3) is 14.1 Å². The molecule has 1 aromatic rings. The Hall–Kier alpha value is -1.60. The van der Waals surface area contributed by atoms with Crippen LogP contribution in [0.5, 0.6) is 0 Å². The normalized spacial score (nSPS) is 24.7. The van der Waals surface area contributed by atoms with Crippen molar-refractivity contribution in [3.63, 3.8) is 0 Å². The number of hydrogen-bond acceptors (Lipinski definition) is 8. The Morgan fingerprint density at radius 1 is 1.58 bits per heavy atom. The van der Waals surface area contributed by atoms with Gasteiger partial charge in [0.15, 0.2) is 0 Å². The highest BCUT2D eigenvalue weighted by Crippen LogP contribution is 2.33. The molecule has 2 rings (SSSR count). The second kappa shape index (κ2) is 8.48. The van der Waals surface area contributed by atoms with Crippen LogP contribution >= 0.6 is 8.53 Å². The Morgan fingerprint density at radius 2 is 2.33 bits per heavy atom. The van der Waals surface area contributed by atoms with E-state index in [9.17, 15) is 14.7 Å². The van der Waals surface area contributed by atoms with E-state index in [2.05, 4.69) is 4.98 Å². The molecular formula is C13H19N4O6P. The number of nitrogens with one attached hydrogen (secondary N) is 1. The van der Waals surface area contributed by atoms with Crippen LogP contribution in [0.4, 0.5) is 0 Å². The fourth-order valence-corrected chi connectivity index (χ4v) is 2.84. The lowest BCUT2D eigenvalue weighted by Gasteiger charge is -2.18. The Morgan fingerprint density at radius 3 is 3.04 bits per heavy atom. The Labute approximate surface area is 138 Å². The maximum absolute atomic E-state index is 11.9. The number of nitriles is 1. The summed E-state index contributed by atoms with van der Waals surface area (Å²) in [5, 5.41) is 18.5. The van der Waals surface area contributed by atoms with E-state index in [1.165, 1.54) is 10.8 Å². The molecular weight excluding hydrogens is 339 g/mol. The van der Waals surface area contributed by atoms with Gasteiger partial charge in [0.2, 0.25) is 0 Å². The highest BCUT2D eigenvalue weighted by Gasteiger charge is 2.36. The van der Waals surface area contributed by atoms with Crippen molar-refractivity contribution in [3.8, 4) is 6.07 Å². The van der Waals surface area contributed by atoms with Crippen molar-refractivity contribution < 1.29 is 18.9 Å². The summed E-state index contributed by atoms with van der Waals surface area (Å²) in [5.74, 6) is 0. The number of nitrogens with two attached hydrogens (primary N) is 1. The topological polar surface area (TPSA) is 153 Å². The van der Waals surface area contributed by atoms with Gasteiger partial charge in [0.1, 0.15) is 12.3 Å². The number of rotatable bonds is 7. The summed E-state index contributed by atoms with van der Waals surface area (Å²) in [5.41, 5.74) is 4.92. The van der Waals surface area contributed by atoms with E-state index in [-0.39, 0.29) is 26.1 Å². The molecule has 2 heterocycles. The van der Waals surface area contributed by atoms with E-state index in [0.29, 0.717) is 5.56 Å². The Kier molecular flexibility index (Phi) is 6.62. The number of H-pyrrole nitrogens is 1. The summed E-state index contributed by atoms with van der Waals surface area (Å²) < 4.78 is 17.2. The molecule has 1 saturated heterocycles. The molecule has 10 nitrogen and oxygen atoms in total. The van der Waals surface area contributed by atoms with Crippen molar-refractivity contribution in [1.29, 1.82) is 5.26 Å². The molecule has 0 amide bonds. The number of aliphatic hydroxyl groups excluding tert-OH is 1. The van der Waals surface area contributed by atoms with Gasteiger partial charge in [-0.3, -0.25) is 19.8 Å². The van der Waals surface area contributed by atoms with Crippen molar-refractivity contribution in [2.45, 2.75) is 38.2 Å². The molecule has 0 spiro atoms. The van der Waals surface area contributed by atoms with E-state index in [0.717, 1.165) is 0 Å². The van der Waals surface area contributed by atoms with Crippen LogP contribution in [0, 0.1) is 18.3 Å². The van der Waals surface area contributed by atoms with Crippen LogP contribution in [0.1, 0.15) is 24.6 Å². The first-order valence-corrected chi connectivity index (χ1v) is 8.50. The number of ether oxygens (including phenoxy) is 1. The van der Waals surface area contributed by atoms with Gasteiger partial charge < -0.3 is 18.9 Å². The lowest BCUT2D eigenvalue weighted by atomic mass is 10.2. The largest absolute Gasteiger partial charge is 0.390 e. The first kappa shape index (κ1) is 18.7. The van der Waals surface area contributed by atoms with E-state index in [4.69, 9.17) is 24.6 Å². The molecule has 132 valence electrons. The summed E-state index contributed by atoms with van der Waals surface area (Å²) in [6.07, 6.45) is -0.461. The van der Waals surface area contributed by atoms with E-state index in [1.807, 2.05) is 6.07 Å². The van der Waals surface area contributed by atoms with E-state index >= 15 is 0 Å². The minimum absolute atomic E-state index is 0.0104. The number of aliphatic hydroxyl groups is 1. The molecule has 24 heavy (non-hydrogen) atoms. The van der Waals surface area contributed by atoms with Crippen LogP contribution in [0.15, 0.2) is 15.8 Å². The van der Waals surface area contributed by atoms with Crippen molar-refractivity contribution in [2.24, 2.45) is 5.50 Å². The molecule has 4 N–H and O–H groups in total. The Bertz CT molecular complexity index is 714. The standard InChI is InChI=1S/C13H19N4O6P/c1-8-6-17(13(20)16-12(8)19)11-5-9(18)10(23-11)7-22-24(15)21-4-2-3-14/h6,9-11,18H,2,4-5,7,15H2,1H3,(H,16,19,20)/t9-,10+,11+,24?/m0/s1. The predicted octanol–water partition coefficient (Wildman–Crippen LogP) is -0.374. The maximum Gasteiger partial charge on any atom is 0.330 e. The average Bonchev–Trinajstić information content (AvgIpc) is 2.90. The van der Waals surface area contributed by atoms with Crippen LogP contribution in [0.25, 0.3) is 0 Å². The second-order valence-corrected chi connectivity index (χ2v) is 6.32. The van der Waals surface area contributed by atoms with Gasteiger partial charge in [-0.1, -0.05) is 0 Å². The number of nitrogens with zero attached hydrogens (tertiary/aromatic N) is 2. The van der Waals surface area contributed by atoms with Crippen LogP contribution < -0.4 is 16.8 Å². The summed E-state index contributed by atoms with van der Waals surface area (Å²) >= 11 is 0. The van der Waals surface area contributed by atoms with Gasteiger partial charge in [-0.15, -0.1) is 0 Å². The number of aryl methyl sites for hydroxylation is 1. The maximum atomic E-state index is 11.9. The molecule has 1 aromatic heterocycles. The molecule has 0 aliphatic carbocycles. The third-order valence-electron chi connectivity index (χ3n) is 3.46. The fraction of sp³-hybridized carbons (Fsp3) is 0.615. The predicted molar refractivity (Wildman–Crippen MR) is 83.8 cm³/mol. The van der Waals surface area contributed by atoms with Gasteiger partial charge in [-0.05, 0) is 6.92 Å². The monoisotopic (exact) mass is 358 g/mol. The highest BCUT2D eigenvalue weighted by atomic mass is 31.2. The SMILES string of the molecule is Cc1cn([C@H]2C[C@H](O)[C@@H](COP(N)OCCC#N)O2)c(=O)[nH]c1=O. The molecule has 11 heteroatoms. The third-order valence-corrected chi connectivity index (χ3v) is 4.30. The second-order valence-electron chi connectivity index (χ2n) is 5.23. The number of aromatic amines is 1. The lowest BCUT2D eigenvalue weighted by molar-refractivity contribution is -0.0413. The molecule has 1 aliphatic heterocycles. The quantitative estimate of drug-likeness (QED) is 0.441. The molecule has 1 unspecified atom stereocenters. The minimum atomic E-state index is -1.67. The van der Waals surface area contributed by atoms with Crippen LogP contribution in [0.2, 0.25) is 0 Å². The zero-order chi connectivity index (χ0) is 17.7. The summed E-state index contributed by atoms with van der Waals surface area (Å²) in [7, 11) is -1.67.